The lowest BCUT2D eigenvalue weighted by atomic mass is 10.3. The van der Waals surface area contributed by atoms with E-state index >= 15 is 0 Å². The summed E-state index contributed by atoms with van der Waals surface area (Å²) in [5.74, 6) is 0.838. The number of aromatic nitrogens is 3. The van der Waals surface area contributed by atoms with Crippen LogP contribution in [0.2, 0.25) is 15.1 Å². The Morgan fingerprint density at radius 3 is 2.55 bits per heavy atom. The van der Waals surface area contributed by atoms with E-state index in [4.69, 9.17) is 34.8 Å². The molecule has 20 heavy (non-hydrogen) atoms. The summed E-state index contributed by atoms with van der Waals surface area (Å²) in [7, 11) is 0. The van der Waals surface area contributed by atoms with Gasteiger partial charge in [0, 0.05) is 11.6 Å². The van der Waals surface area contributed by atoms with Crippen molar-refractivity contribution in [2.24, 2.45) is 5.92 Å². The summed E-state index contributed by atoms with van der Waals surface area (Å²) in [6.07, 6.45) is 4.48. The number of nitrogens with zero attached hydrogens (tertiary/aromatic N) is 3. The summed E-state index contributed by atoms with van der Waals surface area (Å²) in [5, 5.41) is 12.9. The Balaban J connectivity index is 1.75. The lowest BCUT2D eigenvalue weighted by Crippen LogP contribution is -2.16. The van der Waals surface area contributed by atoms with Crippen molar-refractivity contribution < 1.29 is 0 Å². The second-order valence-corrected chi connectivity index (χ2v) is 6.20. The van der Waals surface area contributed by atoms with Gasteiger partial charge in [0.15, 0.2) is 0 Å². The van der Waals surface area contributed by atoms with Gasteiger partial charge in [0.1, 0.15) is 5.69 Å². The van der Waals surface area contributed by atoms with Gasteiger partial charge in [-0.05, 0) is 37.4 Å². The van der Waals surface area contributed by atoms with Gasteiger partial charge in [0.25, 0.3) is 0 Å². The second-order valence-electron chi connectivity index (χ2n) is 4.95. The summed E-state index contributed by atoms with van der Waals surface area (Å²) in [4.78, 5) is 0. The van der Waals surface area contributed by atoms with E-state index in [1.807, 2.05) is 6.20 Å². The van der Waals surface area contributed by atoms with Crippen LogP contribution in [-0.4, -0.2) is 21.5 Å². The molecule has 0 aliphatic heterocycles. The van der Waals surface area contributed by atoms with Crippen molar-refractivity contribution in [3.8, 4) is 5.69 Å². The molecule has 7 heteroatoms. The zero-order valence-corrected chi connectivity index (χ0v) is 12.9. The van der Waals surface area contributed by atoms with E-state index in [0.717, 1.165) is 18.2 Å². The minimum atomic E-state index is 0.449. The van der Waals surface area contributed by atoms with Gasteiger partial charge in [-0.1, -0.05) is 40.0 Å². The molecule has 1 N–H and O–H groups in total. The third-order valence-electron chi connectivity index (χ3n) is 3.19. The Hall–Kier alpha value is -0.810. The fraction of sp³-hybridized carbons (Fsp3) is 0.385. The van der Waals surface area contributed by atoms with Gasteiger partial charge >= 0.3 is 0 Å². The van der Waals surface area contributed by atoms with Gasteiger partial charge in [-0.15, -0.1) is 5.10 Å². The smallest absolute Gasteiger partial charge is 0.104 e. The quantitative estimate of drug-likeness (QED) is 0.908. The SMILES string of the molecule is Clc1cc(Cl)c(-n2cc(CNCC3CC3)nn2)c(Cl)c1. The molecule has 0 radical (unpaired) electrons. The molecule has 1 aliphatic carbocycles. The van der Waals surface area contributed by atoms with Crippen LogP contribution in [0.1, 0.15) is 18.5 Å². The Kier molecular flexibility index (Phi) is 4.17. The Morgan fingerprint density at radius 1 is 1.20 bits per heavy atom. The van der Waals surface area contributed by atoms with Gasteiger partial charge in [0.2, 0.25) is 0 Å². The summed E-state index contributed by atoms with van der Waals surface area (Å²) in [6, 6.07) is 3.27. The molecule has 1 fully saturated rings. The third kappa shape index (κ3) is 3.26. The summed E-state index contributed by atoms with van der Waals surface area (Å²) in [6.45, 7) is 1.73. The van der Waals surface area contributed by atoms with Crippen LogP contribution >= 0.6 is 34.8 Å². The van der Waals surface area contributed by atoms with Gasteiger partial charge in [-0.25, -0.2) is 4.68 Å². The minimum absolute atomic E-state index is 0.449. The van der Waals surface area contributed by atoms with Crippen LogP contribution in [0.4, 0.5) is 0 Å². The van der Waals surface area contributed by atoms with Gasteiger partial charge in [-0.3, -0.25) is 0 Å². The van der Waals surface area contributed by atoms with Crippen molar-refractivity contribution >= 4 is 34.8 Å². The Labute approximate surface area is 132 Å². The van der Waals surface area contributed by atoms with Gasteiger partial charge in [-0.2, -0.15) is 0 Å². The molecular weight excluding hydrogens is 319 g/mol. The topological polar surface area (TPSA) is 42.7 Å². The van der Waals surface area contributed by atoms with Crippen LogP contribution in [0.15, 0.2) is 18.3 Å². The van der Waals surface area contributed by atoms with Gasteiger partial charge in [0.05, 0.1) is 21.9 Å². The number of rotatable bonds is 5. The number of halogens is 3. The standard InChI is InChI=1S/C13H13Cl3N4/c14-9-3-11(15)13(12(16)4-9)20-7-10(18-19-20)6-17-5-8-1-2-8/h3-4,7-8,17H,1-2,5-6H2. The van der Waals surface area contributed by atoms with Crippen LogP contribution in [0.3, 0.4) is 0 Å². The van der Waals surface area contributed by atoms with Crippen molar-refractivity contribution in [1.29, 1.82) is 0 Å². The number of nitrogens with one attached hydrogen (secondary N) is 1. The predicted octanol–water partition coefficient (Wildman–Crippen LogP) is 3.73. The van der Waals surface area contributed by atoms with E-state index in [0.29, 0.717) is 27.3 Å². The summed E-state index contributed by atoms with van der Waals surface area (Å²) >= 11 is 18.2. The molecule has 1 aliphatic rings. The first kappa shape index (κ1) is 14.1. The van der Waals surface area contributed by atoms with Crippen molar-refractivity contribution in [3.05, 3.63) is 39.1 Å². The van der Waals surface area contributed by atoms with E-state index in [1.54, 1.807) is 16.8 Å². The average Bonchev–Trinajstić information content (AvgIpc) is 3.07. The number of hydrogen-bond acceptors (Lipinski definition) is 3. The minimum Gasteiger partial charge on any atom is -0.311 e. The second kappa shape index (κ2) is 5.90. The van der Waals surface area contributed by atoms with E-state index in [1.165, 1.54) is 12.8 Å². The molecule has 1 heterocycles. The van der Waals surface area contributed by atoms with Crippen molar-refractivity contribution in [1.82, 2.24) is 20.3 Å². The van der Waals surface area contributed by atoms with E-state index in [2.05, 4.69) is 15.6 Å². The molecule has 0 bridgehead atoms. The fourth-order valence-electron chi connectivity index (χ4n) is 1.97. The molecule has 0 amide bonds. The molecule has 0 atom stereocenters. The monoisotopic (exact) mass is 330 g/mol. The maximum absolute atomic E-state index is 6.16. The molecule has 3 rings (SSSR count). The first-order valence-electron chi connectivity index (χ1n) is 6.40. The maximum atomic E-state index is 6.16. The first-order chi connectivity index (χ1) is 9.63. The lowest BCUT2D eigenvalue weighted by Gasteiger charge is -2.06. The number of benzene rings is 1. The van der Waals surface area contributed by atoms with Crippen molar-refractivity contribution in [3.63, 3.8) is 0 Å². The van der Waals surface area contributed by atoms with Crippen LogP contribution in [0.5, 0.6) is 0 Å². The van der Waals surface area contributed by atoms with Crippen LogP contribution in [-0.2, 0) is 6.54 Å². The molecule has 1 saturated carbocycles. The first-order valence-corrected chi connectivity index (χ1v) is 7.54. The molecule has 1 aromatic carbocycles. The largest absolute Gasteiger partial charge is 0.311 e. The molecule has 4 nitrogen and oxygen atoms in total. The predicted molar refractivity (Wildman–Crippen MR) is 80.8 cm³/mol. The zero-order valence-electron chi connectivity index (χ0n) is 10.6. The molecule has 1 aromatic heterocycles. The van der Waals surface area contributed by atoms with Crippen LogP contribution in [0, 0.1) is 5.92 Å². The summed E-state index contributed by atoms with van der Waals surface area (Å²) < 4.78 is 1.58. The fourth-order valence-corrected chi connectivity index (χ4v) is 2.96. The van der Waals surface area contributed by atoms with Crippen molar-refractivity contribution in [2.45, 2.75) is 19.4 Å². The van der Waals surface area contributed by atoms with Crippen molar-refractivity contribution in [2.75, 3.05) is 6.54 Å². The highest BCUT2D eigenvalue weighted by Crippen LogP contribution is 2.31. The molecule has 0 saturated heterocycles. The summed E-state index contributed by atoms with van der Waals surface area (Å²) in [5.41, 5.74) is 1.45. The maximum Gasteiger partial charge on any atom is 0.104 e. The highest BCUT2D eigenvalue weighted by molar-refractivity contribution is 6.40. The normalized spacial score (nSPS) is 14.8. The van der Waals surface area contributed by atoms with E-state index in [-0.39, 0.29) is 0 Å². The molecule has 106 valence electrons. The highest BCUT2D eigenvalue weighted by Gasteiger charge is 2.20. The molecule has 2 aromatic rings. The molecule has 0 spiro atoms. The van der Waals surface area contributed by atoms with E-state index < -0.39 is 0 Å². The van der Waals surface area contributed by atoms with Crippen LogP contribution < -0.4 is 5.32 Å². The van der Waals surface area contributed by atoms with E-state index in [9.17, 15) is 0 Å². The Bertz CT molecular complexity index is 599. The highest BCUT2D eigenvalue weighted by atomic mass is 35.5. The zero-order chi connectivity index (χ0) is 14.1. The average molecular weight is 332 g/mol. The number of hydrogen-bond donors (Lipinski definition) is 1. The molecular formula is C13H13Cl3N4. The third-order valence-corrected chi connectivity index (χ3v) is 3.98. The van der Waals surface area contributed by atoms with Gasteiger partial charge < -0.3 is 5.32 Å². The van der Waals surface area contributed by atoms with Crippen LogP contribution in [0.25, 0.3) is 5.69 Å². The molecule has 0 unspecified atom stereocenters. The lowest BCUT2D eigenvalue weighted by molar-refractivity contribution is 0.628. The Morgan fingerprint density at radius 2 is 1.90 bits per heavy atom.